The summed E-state index contributed by atoms with van der Waals surface area (Å²) in [6, 6.07) is 37.2. The SMILES string of the molecule is CN(C)CCCCC(=O)CCCC(=O)c1cc(CC(=O)c2cc(CC(=O)CCCC(=O)c3nc(CC(=O)c4cc(CC(=O)c5nc(CC(=O)CCCNC(=O)c6cc(NC(=O)c7nc(NC(=O)CCNC(=O)c8nc(NC(=O)c9nc(NC(=O)c%10nc(NC(=O)CCNC(=O)CC[P+](c%11ccccc%11)(c%11ccccc%11)c%11ccccc%11)cn%10C)cn9C)cn8C)cn7C)cn6C)cn5C)cn4C)cn3C)cn2C)cn1C. The van der Waals surface area contributed by atoms with Crippen LogP contribution in [0.2, 0.25) is 0 Å². The van der Waals surface area contributed by atoms with Crippen molar-refractivity contribution in [2.45, 2.75) is 122 Å². The number of imidazole rings is 6. The zero-order chi connectivity index (χ0) is 105. The number of hydrogen-bond donors (Lipinski definition) is 8. The summed E-state index contributed by atoms with van der Waals surface area (Å²) in [6.45, 7) is 0.945. The normalized spacial score (nSPS) is 11.3. The molecule has 0 aliphatic heterocycles. The molecule has 41 nitrogen and oxygen atoms in total. The van der Waals surface area contributed by atoms with Gasteiger partial charge in [-0.25, -0.2) is 29.9 Å². The highest BCUT2D eigenvalue weighted by Gasteiger charge is 2.45. The fourth-order valence-electron chi connectivity index (χ4n) is 17.4. The van der Waals surface area contributed by atoms with Crippen molar-refractivity contribution in [3.05, 3.63) is 263 Å². The summed E-state index contributed by atoms with van der Waals surface area (Å²) in [6.07, 6.45) is 19.8. The zero-order valence-electron chi connectivity index (χ0n) is 83.8. The molecular formula is C104H121N25O16P+. The molecule has 0 saturated carbocycles. The van der Waals surface area contributed by atoms with E-state index in [9.17, 15) is 76.7 Å². The van der Waals surface area contributed by atoms with Gasteiger partial charge in [-0.15, -0.1) is 0 Å². The maximum Gasteiger partial charge on any atom is 0.292 e. The van der Waals surface area contributed by atoms with E-state index < -0.39 is 48.6 Å². The first-order valence-electron chi connectivity index (χ1n) is 47.9. The Balaban J connectivity index is 0.479. The fourth-order valence-corrected chi connectivity index (χ4v) is 21.7. The number of aromatic nitrogens is 16. The molecule has 0 bridgehead atoms. The van der Waals surface area contributed by atoms with Crippen molar-refractivity contribution in [2.24, 2.45) is 70.5 Å². The molecule has 10 heterocycles. The summed E-state index contributed by atoms with van der Waals surface area (Å²) in [4.78, 5) is 242. The molecule has 0 saturated heterocycles. The van der Waals surface area contributed by atoms with Crippen LogP contribution >= 0.6 is 7.26 Å². The highest BCUT2D eigenvalue weighted by atomic mass is 31.2. The number of Topliss-reactive ketones (excluding diaryl/α,β-unsaturated/α-hetero) is 8. The van der Waals surface area contributed by atoms with Gasteiger partial charge < -0.3 is 93.1 Å². The first-order chi connectivity index (χ1) is 69.8. The van der Waals surface area contributed by atoms with Crippen molar-refractivity contribution in [3.63, 3.8) is 0 Å². The quantitative estimate of drug-likeness (QED) is 0.0101. The van der Waals surface area contributed by atoms with Crippen molar-refractivity contribution in [1.82, 2.24) is 96.4 Å². The molecule has 0 spiro atoms. The van der Waals surface area contributed by atoms with Gasteiger partial charge in [0.15, 0.2) is 58.1 Å². The number of carbonyl (C=O) groups excluding carboxylic acids is 16. The Morgan fingerprint density at radius 2 is 0.664 bits per heavy atom. The molecule has 8 N–H and O–H groups in total. The average Bonchev–Trinajstić information content (AvgIpc) is 1.11. The number of carbonyl (C=O) groups is 16. The second-order valence-corrected chi connectivity index (χ2v) is 40.2. The Morgan fingerprint density at radius 3 is 1.16 bits per heavy atom. The largest absolute Gasteiger partial charge is 0.355 e. The Bertz CT molecular complexity index is 6970. The summed E-state index contributed by atoms with van der Waals surface area (Å²) in [5.74, 6) is -6.02. The van der Waals surface area contributed by atoms with Gasteiger partial charge in [0.25, 0.3) is 29.5 Å². The van der Waals surface area contributed by atoms with Gasteiger partial charge in [0.1, 0.15) is 46.2 Å². The van der Waals surface area contributed by atoms with E-state index in [-0.39, 0.29) is 231 Å². The van der Waals surface area contributed by atoms with Gasteiger partial charge in [0.2, 0.25) is 46.8 Å². The predicted octanol–water partition coefficient (Wildman–Crippen LogP) is 8.20. The second-order valence-electron chi connectivity index (χ2n) is 36.6. The minimum atomic E-state index is -2.25. The molecular weight excluding hydrogens is 1890 g/mol. The third-order valence-corrected chi connectivity index (χ3v) is 29.0. The maximum atomic E-state index is 13.8. The number of nitrogens with zero attached hydrogens (tertiary/aromatic N) is 17. The standard InChI is InChI=1S/C104H120N25O16P/c1-119(2)45-23-22-27-72(130)28-24-37-82(133)78-49-67(57-120(78)3)51-84(135)79-48-66(56-121(79)4)47-73(131)29-25-38-83(134)94-109-71(61-124(94)7)55-85(136)80-50-68(58-122(80)5)52-86(137)95-108-69(60-125(95)8)53-74(132)30-26-42-106-100(141)81-54-70(59-123(81)6)110-102(143)97-113-87(62-127(97)10)112-93(140)40-44-107-101(142)96-115-89(64-126(96)9)117-104(145)99-116-90(65-129(99)12)118-103(144)98-114-88(63-128(98)11)111-92(139)39-43-105-91(138)41-46-146(75-31-16-13-17-32-75,76-33-18-14-19-34-76)77-35-20-15-21-36-77/h13-21,31-36,48-50,54,56-65H,22-30,37-47,51-53,55H2,1-12H3,(H7-,105,106,107,110,111,112,117,118,138,139,140,141,142,143,144,145)/p+1. The second kappa shape index (κ2) is 49.0. The van der Waals surface area contributed by atoms with Gasteiger partial charge in [-0.1, -0.05) is 54.6 Å². The van der Waals surface area contributed by atoms with E-state index >= 15 is 0 Å². The number of nitrogens with one attached hydrogen (secondary N) is 8. The Hall–Kier alpha value is -16.5. The third kappa shape index (κ3) is 28.1. The molecule has 13 aromatic rings. The van der Waals surface area contributed by atoms with Crippen LogP contribution in [-0.2, 0) is 131 Å². The van der Waals surface area contributed by atoms with Crippen LogP contribution in [0.25, 0.3) is 0 Å². The van der Waals surface area contributed by atoms with Gasteiger partial charge in [-0.3, -0.25) is 76.7 Å². The van der Waals surface area contributed by atoms with Gasteiger partial charge >= 0.3 is 0 Å². The van der Waals surface area contributed by atoms with E-state index in [2.05, 4.69) is 114 Å². The Labute approximate surface area is 842 Å². The lowest BCUT2D eigenvalue weighted by molar-refractivity contribution is -0.121. The number of rotatable bonds is 54. The van der Waals surface area contributed by atoms with Gasteiger partial charge in [0.05, 0.1) is 59.6 Å². The summed E-state index contributed by atoms with van der Waals surface area (Å²) >= 11 is 0. The van der Waals surface area contributed by atoms with Crippen molar-refractivity contribution in [3.8, 4) is 0 Å². The van der Waals surface area contributed by atoms with E-state index in [0.29, 0.717) is 70.6 Å². The van der Waals surface area contributed by atoms with Crippen LogP contribution in [0.5, 0.6) is 0 Å². The van der Waals surface area contributed by atoms with Crippen molar-refractivity contribution in [1.29, 1.82) is 0 Å². The summed E-state index contributed by atoms with van der Waals surface area (Å²) in [7, 11) is 17.9. The molecule has 0 unspecified atom stereocenters. The van der Waals surface area contributed by atoms with E-state index in [1.165, 1.54) is 85.6 Å². The topological polar surface area (TPSA) is 499 Å². The number of ketones is 8. The first kappa shape index (κ1) is 107. The monoisotopic (exact) mass is 2010 g/mol. The van der Waals surface area contributed by atoms with E-state index in [0.717, 1.165) is 35.3 Å². The highest BCUT2D eigenvalue weighted by molar-refractivity contribution is 7.95. The molecule has 0 radical (unpaired) electrons. The fraction of sp³-hybridized carbons (Fsp3) is 0.346. The maximum absolute atomic E-state index is 13.8. The number of hydrogen-bond acceptors (Lipinski definition) is 23. The van der Waals surface area contributed by atoms with Crippen molar-refractivity contribution in [2.75, 3.05) is 73.0 Å². The van der Waals surface area contributed by atoms with Crippen LogP contribution in [0.3, 0.4) is 0 Å². The average molecular weight is 2010 g/mol. The summed E-state index contributed by atoms with van der Waals surface area (Å²) in [5.41, 5.74) is 4.21. The third-order valence-electron chi connectivity index (χ3n) is 24.6. The molecule has 42 heteroatoms. The molecule has 0 aliphatic carbocycles. The molecule has 0 fully saturated rings. The lowest BCUT2D eigenvalue weighted by atomic mass is 10.0. The predicted molar refractivity (Wildman–Crippen MR) is 548 cm³/mol. The van der Waals surface area contributed by atoms with Gasteiger partial charge in [-0.2, -0.15) is 0 Å². The Kier molecular flexibility index (Phi) is 35.9. The number of anilines is 5. The molecule has 8 amide bonds. The smallest absolute Gasteiger partial charge is 0.292 e. The zero-order valence-corrected chi connectivity index (χ0v) is 84.7. The molecule has 0 aliphatic rings. The van der Waals surface area contributed by atoms with Crippen LogP contribution in [-0.4, -0.2) is 220 Å². The molecule has 10 aromatic heterocycles. The van der Waals surface area contributed by atoms with E-state index in [1.807, 2.05) is 68.7 Å². The van der Waals surface area contributed by atoms with Crippen LogP contribution in [0.4, 0.5) is 29.0 Å². The van der Waals surface area contributed by atoms with Crippen LogP contribution in [0.15, 0.2) is 177 Å². The van der Waals surface area contributed by atoms with Crippen molar-refractivity contribution >= 4 is 146 Å². The molecule has 13 rings (SSSR count). The van der Waals surface area contributed by atoms with Crippen LogP contribution in [0, 0.1) is 0 Å². The summed E-state index contributed by atoms with van der Waals surface area (Å²) in [5, 5.41) is 25.0. The molecule has 0 atom stereocenters. The number of aryl methyl sites for hydroxylation is 10. The first-order valence-corrected chi connectivity index (χ1v) is 49.9. The minimum Gasteiger partial charge on any atom is -0.355 e. The number of benzene rings is 3. The van der Waals surface area contributed by atoms with E-state index in [4.69, 9.17) is 0 Å². The minimum absolute atomic E-state index is 0.0108. The van der Waals surface area contributed by atoms with Gasteiger partial charge in [0, 0.05) is 223 Å². The lowest BCUT2D eigenvalue weighted by Crippen LogP contribution is -2.35. The highest BCUT2D eigenvalue weighted by Crippen LogP contribution is 2.56. The number of unbranched alkanes of at least 4 members (excludes halogenated alkanes) is 1. The van der Waals surface area contributed by atoms with Crippen LogP contribution in [0.1, 0.15) is 224 Å². The van der Waals surface area contributed by atoms with Crippen LogP contribution < -0.4 is 58.4 Å². The van der Waals surface area contributed by atoms with Crippen molar-refractivity contribution < 1.29 is 76.7 Å². The molecule has 762 valence electrons. The van der Waals surface area contributed by atoms with E-state index in [1.54, 1.807) is 117 Å². The molecule has 146 heavy (non-hydrogen) atoms. The Morgan fingerprint density at radius 1 is 0.281 bits per heavy atom. The van der Waals surface area contributed by atoms with Gasteiger partial charge in [-0.05, 0) is 130 Å². The lowest BCUT2D eigenvalue weighted by Gasteiger charge is -2.27. The summed E-state index contributed by atoms with van der Waals surface area (Å²) < 4.78 is 15.1. The number of amides is 8. The molecule has 3 aromatic carbocycles.